The third kappa shape index (κ3) is 3.04. The number of nitrogens with two attached hydrogens (primary N) is 1. The summed E-state index contributed by atoms with van der Waals surface area (Å²) in [5.74, 6) is 0.617. The van der Waals surface area contributed by atoms with Gasteiger partial charge in [0.2, 0.25) is 5.91 Å². The molecule has 1 saturated heterocycles. The second kappa shape index (κ2) is 6.02. The molecular weight excluding hydrogens is 228 g/mol. The molecule has 1 heterocycles. The number of likely N-dealkylation sites (N-methyl/N-ethyl adjacent to an activating group) is 1. The Morgan fingerprint density at radius 1 is 1.33 bits per heavy atom. The van der Waals surface area contributed by atoms with Gasteiger partial charge in [0.15, 0.2) is 0 Å². The minimum Gasteiger partial charge on any atom is -0.376 e. The molecule has 0 spiro atoms. The van der Waals surface area contributed by atoms with Gasteiger partial charge in [-0.15, -0.1) is 0 Å². The minimum atomic E-state index is 0.166. The lowest BCUT2D eigenvalue weighted by Crippen LogP contribution is -2.43. The maximum atomic E-state index is 12.3. The van der Waals surface area contributed by atoms with Gasteiger partial charge in [-0.25, -0.2) is 0 Å². The summed E-state index contributed by atoms with van der Waals surface area (Å²) in [5.41, 5.74) is 6.11. The summed E-state index contributed by atoms with van der Waals surface area (Å²) in [4.78, 5) is 14.2. The zero-order valence-electron chi connectivity index (χ0n) is 11.6. The number of rotatable bonds is 3. The van der Waals surface area contributed by atoms with Gasteiger partial charge >= 0.3 is 0 Å². The molecule has 0 bridgehead atoms. The number of ether oxygens (including phenoxy) is 1. The standard InChI is InChI=1S/C14H26N2O2/c1-10-13(7-8-18-10)16(2)14(17)9-11-5-3-4-6-12(11)15/h10-13H,3-9,15H2,1-2H3. The quantitative estimate of drug-likeness (QED) is 0.831. The molecular formula is C14H26N2O2. The van der Waals surface area contributed by atoms with Crippen LogP contribution >= 0.6 is 0 Å². The summed E-state index contributed by atoms with van der Waals surface area (Å²) >= 11 is 0. The van der Waals surface area contributed by atoms with E-state index in [1.54, 1.807) is 0 Å². The van der Waals surface area contributed by atoms with Crippen LogP contribution in [0.5, 0.6) is 0 Å². The molecule has 4 atom stereocenters. The van der Waals surface area contributed by atoms with Gasteiger partial charge in [-0.3, -0.25) is 4.79 Å². The molecule has 0 aromatic rings. The molecule has 1 amide bonds. The van der Waals surface area contributed by atoms with Crippen LogP contribution in [0.1, 0.15) is 45.4 Å². The van der Waals surface area contributed by atoms with Crippen LogP contribution in [0.25, 0.3) is 0 Å². The molecule has 0 radical (unpaired) electrons. The molecule has 1 aliphatic carbocycles. The Morgan fingerprint density at radius 3 is 2.67 bits per heavy atom. The van der Waals surface area contributed by atoms with Gasteiger partial charge in [0.25, 0.3) is 0 Å². The molecule has 4 heteroatoms. The molecule has 18 heavy (non-hydrogen) atoms. The summed E-state index contributed by atoms with van der Waals surface area (Å²) in [5, 5.41) is 0. The summed E-state index contributed by atoms with van der Waals surface area (Å²) in [7, 11) is 1.91. The number of carbonyl (C=O) groups is 1. The van der Waals surface area contributed by atoms with E-state index in [2.05, 4.69) is 0 Å². The summed E-state index contributed by atoms with van der Waals surface area (Å²) in [6.07, 6.45) is 6.36. The second-order valence-electron chi connectivity index (χ2n) is 5.85. The Balaban J connectivity index is 1.86. The van der Waals surface area contributed by atoms with Crippen LogP contribution in [0.2, 0.25) is 0 Å². The van der Waals surface area contributed by atoms with E-state index in [1.807, 2.05) is 18.9 Å². The maximum absolute atomic E-state index is 12.3. The van der Waals surface area contributed by atoms with E-state index in [4.69, 9.17) is 10.5 Å². The van der Waals surface area contributed by atoms with Gasteiger partial charge in [-0.2, -0.15) is 0 Å². The van der Waals surface area contributed by atoms with E-state index >= 15 is 0 Å². The summed E-state index contributed by atoms with van der Waals surface area (Å²) in [6, 6.07) is 0.464. The van der Waals surface area contributed by atoms with Crippen LogP contribution in [-0.4, -0.2) is 42.6 Å². The molecule has 4 unspecified atom stereocenters. The number of carbonyl (C=O) groups excluding carboxylic acids is 1. The fourth-order valence-electron chi connectivity index (χ4n) is 3.27. The Kier molecular flexibility index (Phi) is 4.62. The maximum Gasteiger partial charge on any atom is 0.222 e. The van der Waals surface area contributed by atoms with Crippen molar-refractivity contribution in [2.75, 3.05) is 13.7 Å². The zero-order chi connectivity index (χ0) is 13.1. The average molecular weight is 254 g/mol. The predicted molar refractivity (Wildman–Crippen MR) is 71.1 cm³/mol. The first kappa shape index (κ1) is 13.8. The van der Waals surface area contributed by atoms with Crippen molar-refractivity contribution >= 4 is 5.91 Å². The smallest absolute Gasteiger partial charge is 0.222 e. The fraction of sp³-hybridized carbons (Fsp3) is 0.929. The molecule has 104 valence electrons. The first-order valence-corrected chi connectivity index (χ1v) is 7.22. The van der Waals surface area contributed by atoms with Crippen LogP contribution in [-0.2, 0) is 9.53 Å². The molecule has 2 rings (SSSR count). The normalized spacial score (nSPS) is 36.6. The molecule has 0 aromatic carbocycles. The third-order valence-corrected chi connectivity index (χ3v) is 4.63. The van der Waals surface area contributed by atoms with E-state index in [0.717, 1.165) is 25.9 Å². The van der Waals surface area contributed by atoms with Crippen LogP contribution in [0.4, 0.5) is 0 Å². The zero-order valence-corrected chi connectivity index (χ0v) is 11.6. The molecule has 4 nitrogen and oxygen atoms in total. The lowest BCUT2D eigenvalue weighted by molar-refractivity contribution is -0.134. The van der Waals surface area contributed by atoms with Gasteiger partial charge in [-0.05, 0) is 32.1 Å². The van der Waals surface area contributed by atoms with Crippen LogP contribution in [0.15, 0.2) is 0 Å². The largest absolute Gasteiger partial charge is 0.376 e. The molecule has 2 aliphatic rings. The molecule has 0 aromatic heterocycles. The highest BCUT2D eigenvalue weighted by atomic mass is 16.5. The summed E-state index contributed by atoms with van der Waals surface area (Å²) < 4.78 is 5.53. The fourth-order valence-corrected chi connectivity index (χ4v) is 3.27. The van der Waals surface area contributed by atoms with Crippen molar-refractivity contribution in [3.63, 3.8) is 0 Å². The molecule has 1 aliphatic heterocycles. The monoisotopic (exact) mass is 254 g/mol. The van der Waals surface area contributed by atoms with Crippen molar-refractivity contribution < 1.29 is 9.53 Å². The van der Waals surface area contributed by atoms with E-state index < -0.39 is 0 Å². The highest BCUT2D eigenvalue weighted by molar-refractivity contribution is 5.76. The lowest BCUT2D eigenvalue weighted by atomic mass is 9.82. The highest BCUT2D eigenvalue weighted by Gasteiger charge is 2.32. The van der Waals surface area contributed by atoms with E-state index in [1.165, 1.54) is 12.8 Å². The van der Waals surface area contributed by atoms with Crippen LogP contribution in [0, 0.1) is 5.92 Å². The highest BCUT2D eigenvalue weighted by Crippen LogP contribution is 2.27. The Morgan fingerprint density at radius 2 is 2.06 bits per heavy atom. The Labute approximate surface area is 110 Å². The summed E-state index contributed by atoms with van der Waals surface area (Å²) in [6.45, 7) is 2.82. The Hall–Kier alpha value is -0.610. The van der Waals surface area contributed by atoms with Crippen molar-refractivity contribution in [3.05, 3.63) is 0 Å². The first-order valence-electron chi connectivity index (χ1n) is 7.22. The second-order valence-corrected chi connectivity index (χ2v) is 5.85. The van der Waals surface area contributed by atoms with Gasteiger partial charge < -0.3 is 15.4 Å². The topological polar surface area (TPSA) is 55.6 Å². The van der Waals surface area contributed by atoms with Crippen molar-refractivity contribution in [1.82, 2.24) is 4.90 Å². The molecule has 2 N–H and O–H groups in total. The van der Waals surface area contributed by atoms with Crippen LogP contribution in [0.3, 0.4) is 0 Å². The number of hydrogen-bond donors (Lipinski definition) is 1. The number of amides is 1. The molecule has 2 fully saturated rings. The predicted octanol–water partition coefficient (Wildman–Crippen LogP) is 1.53. The van der Waals surface area contributed by atoms with E-state index in [9.17, 15) is 4.79 Å². The van der Waals surface area contributed by atoms with Gasteiger partial charge in [0.05, 0.1) is 12.1 Å². The van der Waals surface area contributed by atoms with Gasteiger partial charge in [0.1, 0.15) is 0 Å². The Bertz CT molecular complexity index is 296. The van der Waals surface area contributed by atoms with Crippen molar-refractivity contribution in [2.45, 2.75) is 63.6 Å². The average Bonchev–Trinajstić information content (AvgIpc) is 2.77. The van der Waals surface area contributed by atoms with Crippen LogP contribution < -0.4 is 5.73 Å². The first-order chi connectivity index (χ1) is 8.59. The van der Waals surface area contributed by atoms with E-state index in [0.29, 0.717) is 12.3 Å². The SMILES string of the molecule is CC1OCCC1N(C)C(=O)CC1CCCCC1N. The number of nitrogens with zero attached hydrogens (tertiary/aromatic N) is 1. The van der Waals surface area contributed by atoms with Crippen molar-refractivity contribution in [1.29, 1.82) is 0 Å². The van der Waals surface area contributed by atoms with Crippen molar-refractivity contribution in [2.24, 2.45) is 11.7 Å². The van der Waals surface area contributed by atoms with E-state index in [-0.39, 0.29) is 24.1 Å². The minimum absolute atomic E-state index is 0.166. The third-order valence-electron chi connectivity index (χ3n) is 4.63. The van der Waals surface area contributed by atoms with Crippen molar-refractivity contribution in [3.8, 4) is 0 Å². The number of hydrogen-bond acceptors (Lipinski definition) is 3. The van der Waals surface area contributed by atoms with Gasteiger partial charge in [0, 0.05) is 26.1 Å². The van der Waals surface area contributed by atoms with Gasteiger partial charge in [-0.1, -0.05) is 12.8 Å². The molecule has 1 saturated carbocycles. The lowest BCUT2D eigenvalue weighted by Gasteiger charge is -2.32.